The van der Waals surface area contributed by atoms with Gasteiger partial charge in [0.05, 0.1) is 18.4 Å². The van der Waals surface area contributed by atoms with Gasteiger partial charge in [0.15, 0.2) is 0 Å². The molecular weight excluding hydrogens is 434 g/mol. The summed E-state index contributed by atoms with van der Waals surface area (Å²) in [5, 5.41) is 3.54. The molecule has 2 aromatic carbocycles. The molecule has 0 saturated carbocycles. The number of hydrogen-bond acceptors (Lipinski definition) is 5. The van der Waals surface area contributed by atoms with Crippen LogP contribution in [0.4, 0.5) is 5.69 Å². The first-order chi connectivity index (χ1) is 16.0. The molecule has 170 valence electrons. The number of benzene rings is 2. The average Bonchev–Trinajstić information content (AvgIpc) is 3.39. The van der Waals surface area contributed by atoms with Crippen molar-refractivity contribution >= 4 is 35.2 Å². The lowest BCUT2D eigenvalue weighted by Crippen LogP contribution is -2.55. The zero-order valence-electron chi connectivity index (χ0n) is 18.6. The fourth-order valence-corrected chi connectivity index (χ4v) is 6.22. The summed E-state index contributed by atoms with van der Waals surface area (Å²) in [7, 11) is 0. The summed E-state index contributed by atoms with van der Waals surface area (Å²) in [5.41, 5.74) is 1.22. The van der Waals surface area contributed by atoms with Crippen LogP contribution < -0.4 is 10.2 Å². The first kappa shape index (κ1) is 21.9. The van der Waals surface area contributed by atoms with Crippen molar-refractivity contribution in [1.29, 1.82) is 0 Å². The molecule has 33 heavy (non-hydrogen) atoms. The number of para-hydroxylation sites is 1. The highest BCUT2D eigenvalue weighted by molar-refractivity contribution is 7.98. The lowest BCUT2D eigenvalue weighted by molar-refractivity contribution is -0.143. The second-order valence-electron chi connectivity index (χ2n) is 8.81. The number of carbonyl (C=O) groups is 3. The average molecular weight is 462 g/mol. The smallest absolute Gasteiger partial charge is 0.253 e. The van der Waals surface area contributed by atoms with E-state index in [1.165, 1.54) is 4.90 Å². The molecule has 0 aromatic heterocycles. The summed E-state index contributed by atoms with van der Waals surface area (Å²) in [6.45, 7) is 4.38. The number of amides is 3. The Kier molecular flexibility index (Phi) is 5.62. The molecule has 0 bridgehead atoms. The number of rotatable bonds is 7. The van der Waals surface area contributed by atoms with Gasteiger partial charge in [-0.2, -0.15) is 11.8 Å². The van der Waals surface area contributed by atoms with Gasteiger partial charge in [-0.1, -0.05) is 54.6 Å². The summed E-state index contributed by atoms with van der Waals surface area (Å²) in [5.74, 6) is -1.11. The lowest BCUT2D eigenvalue weighted by atomic mass is 9.76. The molecule has 3 heterocycles. The minimum Gasteiger partial charge on any atom is -0.306 e. The Labute approximate surface area is 198 Å². The van der Waals surface area contributed by atoms with E-state index in [4.69, 9.17) is 0 Å². The van der Waals surface area contributed by atoms with Crippen molar-refractivity contribution in [2.24, 2.45) is 11.8 Å². The van der Waals surface area contributed by atoms with E-state index < -0.39 is 17.4 Å². The number of fused-ring (bicyclic) bond motifs is 4. The van der Waals surface area contributed by atoms with E-state index in [9.17, 15) is 14.4 Å². The van der Waals surface area contributed by atoms with Crippen LogP contribution in [0.2, 0.25) is 0 Å². The van der Waals surface area contributed by atoms with Crippen molar-refractivity contribution in [2.75, 3.05) is 23.5 Å². The fraction of sp³-hybridized carbons (Fsp3) is 0.346. The van der Waals surface area contributed by atoms with Gasteiger partial charge in [0.25, 0.3) is 5.91 Å². The van der Waals surface area contributed by atoms with E-state index in [1.807, 2.05) is 60.9 Å². The Morgan fingerprint density at radius 2 is 1.76 bits per heavy atom. The van der Waals surface area contributed by atoms with Gasteiger partial charge in [-0.25, -0.2) is 0 Å². The van der Waals surface area contributed by atoms with Crippen LogP contribution in [0.15, 0.2) is 67.3 Å². The SMILES string of the molecule is C=CCN1C(=O)[C@]2(N[C@H](CCSC)[C@H]3C(=O)N(Cc4ccccc4)C(=O)[C@H]32)c2ccccc21. The third kappa shape index (κ3) is 3.17. The monoisotopic (exact) mass is 461 g/mol. The maximum absolute atomic E-state index is 14.0. The molecule has 0 radical (unpaired) electrons. The van der Waals surface area contributed by atoms with Crippen LogP contribution in [0, 0.1) is 11.8 Å². The lowest BCUT2D eigenvalue weighted by Gasteiger charge is -2.30. The number of likely N-dealkylation sites (tertiary alicyclic amines) is 1. The van der Waals surface area contributed by atoms with Gasteiger partial charge in [0, 0.05) is 23.8 Å². The first-order valence-electron chi connectivity index (χ1n) is 11.2. The molecule has 3 amide bonds. The Morgan fingerprint density at radius 1 is 1.03 bits per heavy atom. The minimum atomic E-state index is -1.23. The standard InChI is InChI=1S/C26H27N3O3S/c1-3-14-28-20-12-8-7-11-18(20)26(25(28)32)22-21(19(27-26)13-15-33-2)23(30)29(24(22)31)16-17-9-5-4-6-10-17/h3-12,19,21-22,27H,1,13-16H2,2H3/t19-,21-,22+,26+/m1/s1. The van der Waals surface area contributed by atoms with Gasteiger partial charge in [-0.05, 0) is 30.1 Å². The van der Waals surface area contributed by atoms with Crippen molar-refractivity contribution in [3.63, 3.8) is 0 Å². The summed E-state index contributed by atoms with van der Waals surface area (Å²) in [6.07, 6.45) is 4.42. The molecule has 3 aliphatic rings. The van der Waals surface area contributed by atoms with Crippen molar-refractivity contribution in [2.45, 2.75) is 24.5 Å². The fourth-order valence-electron chi connectivity index (χ4n) is 5.73. The molecule has 4 atom stereocenters. The second-order valence-corrected chi connectivity index (χ2v) is 9.80. The van der Waals surface area contributed by atoms with E-state index in [0.717, 1.165) is 22.6 Å². The molecule has 5 rings (SSSR count). The summed E-state index contributed by atoms with van der Waals surface area (Å²) in [4.78, 5) is 44.6. The highest BCUT2D eigenvalue weighted by Gasteiger charge is 2.71. The predicted molar refractivity (Wildman–Crippen MR) is 130 cm³/mol. The zero-order chi connectivity index (χ0) is 23.2. The van der Waals surface area contributed by atoms with Crippen LogP contribution in [0.1, 0.15) is 17.5 Å². The maximum Gasteiger partial charge on any atom is 0.253 e. The molecule has 2 aromatic rings. The molecular formula is C26H27N3O3S. The van der Waals surface area contributed by atoms with Gasteiger partial charge in [0.2, 0.25) is 11.8 Å². The van der Waals surface area contributed by atoms with E-state index in [2.05, 4.69) is 11.9 Å². The van der Waals surface area contributed by atoms with E-state index in [0.29, 0.717) is 13.0 Å². The zero-order valence-corrected chi connectivity index (χ0v) is 19.4. The molecule has 2 saturated heterocycles. The molecule has 6 nitrogen and oxygen atoms in total. The van der Waals surface area contributed by atoms with Gasteiger partial charge in [-0.3, -0.25) is 24.6 Å². The molecule has 3 aliphatic heterocycles. The Morgan fingerprint density at radius 3 is 2.48 bits per heavy atom. The predicted octanol–water partition coefficient (Wildman–Crippen LogP) is 2.94. The Hall–Kier alpha value is -2.90. The number of imide groups is 1. The molecule has 2 fully saturated rings. The van der Waals surface area contributed by atoms with E-state index >= 15 is 0 Å². The largest absolute Gasteiger partial charge is 0.306 e. The summed E-state index contributed by atoms with van der Waals surface area (Å²) < 4.78 is 0. The maximum atomic E-state index is 14.0. The van der Waals surface area contributed by atoms with E-state index in [-0.39, 0.29) is 30.3 Å². The van der Waals surface area contributed by atoms with Crippen LogP contribution in [0.5, 0.6) is 0 Å². The number of hydrogen-bond donors (Lipinski definition) is 1. The normalized spacial score (nSPS) is 28.0. The second kappa shape index (κ2) is 8.47. The molecule has 0 aliphatic carbocycles. The third-order valence-electron chi connectivity index (χ3n) is 7.09. The van der Waals surface area contributed by atoms with Crippen LogP contribution in [0.25, 0.3) is 0 Å². The summed E-state index contributed by atoms with van der Waals surface area (Å²) in [6, 6.07) is 16.9. The molecule has 1 spiro atoms. The number of nitrogens with zero attached hydrogens (tertiary/aromatic N) is 2. The quantitative estimate of drug-likeness (QED) is 0.507. The van der Waals surface area contributed by atoms with Crippen molar-refractivity contribution in [3.8, 4) is 0 Å². The number of anilines is 1. The van der Waals surface area contributed by atoms with Gasteiger partial charge in [-0.15, -0.1) is 6.58 Å². The number of thioether (sulfide) groups is 1. The Bertz CT molecular complexity index is 1120. The van der Waals surface area contributed by atoms with Crippen molar-refractivity contribution in [1.82, 2.24) is 10.2 Å². The number of carbonyl (C=O) groups excluding carboxylic acids is 3. The highest BCUT2D eigenvalue weighted by Crippen LogP contribution is 2.55. The van der Waals surface area contributed by atoms with Gasteiger partial charge < -0.3 is 4.90 Å². The first-order valence-corrected chi connectivity index (χ1v) is 12.6. The van der Waals surface area contributed by atoms with Crippen LogP contribution in [-0.2, 0) is 26.5 Å². The van der Waals surface area contributed by atoms with Crippen LogP contribution >= 0.6 is 11.8 Å². The van der Waals surface area contributed by atoms with Crippen LogP contribution in [-0.4, -0.2) is 47.2 Å². The topological polar surface area (TPSA) is 69.7 Å². The summed E-state index contributed by atoms with van der Waals surface area (Å²) >= 11 is 1.70. The molecule has 1 N–H and O–H groups in total. The number of nitrogens with one attached hydrogen (secondary N) is 1. The minimum absolute atomic E-state index is 0.173. The third-order valence-corrected chi connectivity index (χ3v) is 7.73. The Balaban J connectivity index is 1.61. The van der Waals surface area contributed by atoms with Crippen LogP contribution in [0.3, 0.4) is 0 Å². The van der Waals surface area contributed by atoms with Crippen molar-refractivity contribution < 1.29 is 14.4 Å². The van der Waals surface area contributed by atoms with Crippen molar-refractivity contribution in [3.05, 3.63) is 78.4 Å². The van der Waals surface area contributed by atoms with Gasteiger partial charge in [0.1, 0.15) is 5.54 Å². The highest BCUT2D eigenvalue weighted by atomic mass is 32.2. The van der Waals surface area contributed by atoms with Gasteiger partial charge >= 0.3 is 0 Å². The van der Waals surface area contributed by atoms with E-state index in [1.54, 1.807) is 22.7 Å². The molecule has 0 unspecified atom stereocenters. The molecule has 7 heteroatoms.